The van der Waals surface area contributed by atoms with Crippen molar-refractivity contribution in [1.29, 1.82) is 0 Å². The number of aromatic nitrogens is 3. The average molecular weight is 595 g/mol. The van der Waals surface area contributed by atoms with E-state index in [4.69, 9.17) is 8.94 Å². The standard InChI is InChI=1S/C31H33F3N6O3/c1-18-36-29(39-43-18)21-6-10-22(11-7-21)40-17-19-14-26(27(40)15-19)37-24-4-2-3-5-25(24)38-30-35-16-28(41-30)20-8-12-23(13-9-20)42-31(32,33)34/h6-13,16,19,24-27,37H,2-5,14-15,17H2,1H3,(H,35,38). The SMILES string of the molecule is Cc1nc(-c2ccc(N3CC4CC(NC5CCCCC5Nc5ncc(-c6ccc(OC(F)(F)F)cc6)o5)C3C4)cc2)no1. The van der Waals surface area contributed by atoms with E-state index in [1.54, 1.807) is 13.1 Å². The molecule has 12 heteroatoms. The van der Waals surface area contributed by atoms with Crippen molar-refractivity contribution in [2.24, 2.45) is 5.92 Å². The van der Waals surface area contributed by atoms with Crippen molar-refractivity contribution in [2.45, 2.75) is 76.0 Å². The van der Waals surface area contributed by atoms with Gasteiger partial charge in [0.2, 0.25) is 11.7 Å². The Hall–Kier alpha value is -4.06. The summed E-state index contributed by atoms with van der Waals surface area (Å²) in [6, 6.07) is 15.7. The number of hydrogen-bond donors (Lipinski definition) is 2. The fourth-order valence-electron chi connectivity index (χ4n) is 6.95. The summed E-state index contributed by atoms with van der Waals surface area (Å²) < 4.78 is 52.5. The molecule has 2 saturated carbocycles. The highest BCUT2D eigenvalue weighted by molar-refractivity contribution is 5.61. The fraction of sp³-hybridized carbons (Fsp3) is 0.452. The fourth-order valence-corrected chi connectivity index (χ4v) is 6.95. The number of ether oxygens (including phenoxy) is 1. The van der Waals surface area contributed by atoms with Crippen LogP contribution in [0.3, 0.4) is 0 Å². The van der Waals surface area contributed by atoms with Crippen LogP contribution >= 0.6 is 0 Å². The van der Waals surface area contributed by atoms with Gasteiger partial charge in [0, 0.05) is 54.5 Å². The molecule has 0 spiro atoms. The Morgan fingerprint density at radius 2 is 1.67 bits per heavy atom. The second-order valence-corrected chi connectivity index (χ2v) is 11.8. The number of hydrogen-bond acceptors (Lipinski definition) is 9. The lowest BCUT2D eigenvalue weighted by Crippen LogP contribution is -2.56. The number of aryl methyl sites for hydroxylation is 1. The molecule has 9 nitrogen and oxygen atoms in total. The molecule has 2 aromatic heterocycles. The molecule has 1 aliphatic heterocycles. The number of fused-ring (bicyclic) bond motifs is 2. The second-order valence-electron chi connectivity index (χ2n) is 11.8. The molecule has 3 aliphatic rings. The maximum absolute atomic E-state index is 12.5. The van der Waals surface area contributed by atoms with E-state index in [9.17, 15) is 13.2 Å². The molecule has 43 heavy (non-hydrogen) atoms. The minimum atomic E-state index is -4.73. The van der Waals surface area contributed by atoms with Crippen LogP contribution in [-0.4, -0.2) is 52.2 Å². The first-order valence-electron chi connectivity index (χ1n) is 14.8. The van der Waals surface area contributed by atoms with Gasteiger partial charge < -0.3 is 29.2 Å². The summed E-state index contributed by atoms with van der Waals surface area (Å²) in [6.45, 7) is 2.86. The number of benzene rings is 2. The smallest absolute Gasteiger partial charge is 0.424 e. The van der Waals surface area contributed by atoms with Crippen molar-refractivity contribution in [1.82, 2.24) is 20.4 Å². The predicted octanol–water partition coefficient (Wildman–Crippen LogP) is 6.58. The predicted molar refractivity (Wildman–Crippen MR) is 154 cm³/mol. The molecule has 3 fully saturated rings. The van der Waals surface area contributed by atoms with Gasteiger partial charge in [-0.2, -0.15) is 4.98 Å². The van der Waals surface area contributed by atoms with Crippen molar-refractivity contribution in [3.8, 4) is 28.5 Å². The topological polar surface area (TPSA) is 101 Å². The zero-order valence-electron chi connectivity index (χ0n) is 23.7. The maximum Gasteiger partial charge on any atom is 0.573 e. The third kappa shape index (κ3) is 6.06. The monoisotopic (exact) mass is 594 g/mol. The molecule has 7 rings (SSSR count). The molecule has 0 amide bonds. The number of nitrogens with zero attached hydrogens (tertiary/aromatic N) is 4. The lowest BCUT2D eigenvalue weighted by atomic mass is 9.89. The third-order valence-electron chi connectivity index (χ3n) is 8.85. The molecular weight excluding hydrogens is 561 g/mol. The lowest BCUT2D eigenvalue weighted by molar-refractivity contribution is -0.274. The molecule has 5 unspecified atom stereocenters. The van der Waals surface area contributed by atoms with Gasteiger partial charge in [-0.15, -0.1) is 13.2 Å². The highest BCUT2D eigenvalue weighted by Crippen LogP contribution is 2.41. The largest absolute Gasteiger partial charge is 0.573 e. The van der Waals surface area contributed by atoms with E-state index in [-0.39, 0.29) is 17.8 Å². The van der Waals surface area contributed by atoms with E-state index in [2.05, 4.69) is 59.7 Å². The Labute approximate surface area is 246 Å². The van der Waals surface area contributed by atoms with Crippen molar-refractivity contribution < 1.29 is 26.8 Å². The second kappa shape index (κ2) is 11.2. The first-order valence-corrected chi connectivity index (χ1v) is 14.8. The van der Waals surface area contributed by atoms with Crippen molar-refractivity contribution in [3.05, 3.63) is 60.6 Å². The van der Waals surface area contributed by atoms with E-state index in [0.29, 0.717) is 47.1 Å². The summed E-state index contributed by atoms with van der Waals surface area (Å²) in [6.07, 6.45) is 3.57. The first-order chi connectivity index (χ1) is 20.8. The Kier molecular flexibility index (Phi) is 7.24. The molecular formula is C31H33F3N6O3. The Balaban J connectivity index is 0.991. The normalized spacial score (nSPS) is 25.3. The van der Waals surface area contributed by atoms with Crippen molar-refractivity contribution in [3.63, 3.8) is 0 Å². The summed E-state index contributed by atoms with van der Waals surface area (Å²) >= 11 is 0. The summed E-state index contributed by atoms with van der Waals surface area (Å²) in [7, 11) is 0. The lowest BCUT2D eigenvalue weighted by Gasteiger charge is -2.40. The van der Waals surface area contributed by atoms with Gasteiger partial charge in [-0.25, -0.2) is 4.98 Å². The highest BCUT2D eigenvalue weighted by atomic mass is 19.4. The van der Waals surface area contributed by atoms with Gasteiger partial charge in [0.1, 0.15) is 5.75 Å². The van der Waals surface area contributed by atoms with Gasteiger partial charge in [-0.3, -0.25) is 0 Å². The Morgan fingerprint density at radius 1 is 0.930 bits per heavy atom. The van der Waals surface area contributed by atoms with Crippen LogP contribution in [0.5, 0.6) is 5.75 Å². The van der Waals surface area contributed by atoms with Gasteiger partial charge in [-0.1, -0.05) is 18.0 Å². The third-order valence-corrected chi connectivity index (χ3v) is 8.85. The maximum atomic E-state index is 12.5. The molecule has 226 valence electrons. The molecule has 3 heterocycles. The summed E-state index contributed by atoms with van der Waals surface area (Å²) in [5.41, 5.74) is 2.78. The summed E-state index contributed by atoms with van der Waals surface area (Å²) in [5.74, 6) is 2.02. The highest BCUT2D eigenvalue weighted by Gasteiger charge is 2.46. The first kappa shape index (κ1) is 27.8. The van der Waals surface area contributed by atoms with Gasteiger partial charge in [-0.05, 0) is 80.1 Å². The van der Waals surface area contributed by atoms with Crippen molar-refractivity contribution in [2.75, 3.05) is 16.8 Å². The van der Waals surface area contributed by atoms with Crippen molar-refractivity contribution >= 4 is 11.7 Å². The van der Waals surface area contributed by atoms with E-state index in [1.807, 2.05) is 0 Å². The van der Waals surface area contributed by atoms with Crippen LogP contribution in [0.1, 0.15) is 44.4 Å². The van der Waals surface area contributed by atoms with Gasteiger partial charge in [0.25, 0.3) is 6.01 Å². The molecule has 1 saturated heterocycles. The van der Waals surface area contributed by atoms with Crippen LogP contribution in [-0.2, 0) is 0 Å². The molecule has 0 radical (unpaired) electrons. The van der Waals surface area contributed by atoms with Gasteiger partial charge in [0.15, 0.2) is 5.76 Å². The quantitative estimate of drug-likeness (QED) is 0.234. The molecule has 5 atom stereocenters. The number of piperidine rings is 1. The number of halogens is 3. The molecule has 2 N–H and O–H groups in total. The van der Waals surface area contributed by atoms with E-state index in [0.717, 1.165) is 31.4 Å². The number of alkyl halides is 3. The van der Waals surface area contributed by atoms with Crippen LogP contribution in [0.15, 0.2) is 63.7 Å². The summed E-state index contributed by atoms with van der Waals surface area (Å²) in [4.78, 5) is 11.3. The minimum Gasteiger partial charge on any atom is -0.424 e. The van der Waals surface area contributed by atoms with Crippen LogP contribution in [0.4, 0.5) is 24.9 Å². The zero-order chi connectivity index (χ0) is 29.6. The number of nitrogens with one attached hydrogen (secondary N) is 2. The van der Waals surface area contributed by atoms with E-state index >= 15 is 0 Å². The van der Waals surface area contributed by atoms with Crippen LogP contribution in [0.2, 0.25) is 0 Å². The van der Waals surface area contributed by atoms with Crippen LogP contribution in [0, 0.1) is 12.8 Å². The van der Waals surface area contributed by atoms with Gasteiger partial charge in [0.05, 0.1) is 6.20 Å². The van der Waals surface area contributed by atoms with E-state index < -0.39 is 6.36 Å². The Bertz CT molecular complexity index is 1540. The number of rotatable bonds is 8. The molecule has 2 aliphatic carbocycles. The summed E-state index contributed by atoms with van der Waals surface area (Å²) in [5, 5.41) is 11.5. The molecule has 2 bridgehead atoms. The van der Waals surface area contributed by atoms with Crippen LogP contribution in [0.25, 0.3) is 22.7 Å². The van der Waals surface area contributed by atoms with Crippen LogP contribution < -0.4 is 20.3 Å². The van der Waals surface area contributed by atoms with E-state index in [1.165, 1.54) is 49.2 Å². The zero-order valence-corrected chi connectivity index (χ0v) is 23.7. The molecule has 4 aromatic rings. The van der Waals surface area contributed by atoms with Gasteiger partial charge >= 0.3 is 6.36 Å². The number of anilines is 2. The minimum absolute atomic E-state index is 0.160. The Morgan fingerprint density at radius 3 is 2.37 bits per heavy atom. The average Bonchev–Trinajstić information content (AvgIpc) is 3.79. The number of oxazole rings is 1. The molecule has 2 aromatic carbocycles.